The molecule has 0 saturated carbocycles. The van der Waals surface area contributed by atoms with Crippen molar-refractivity contribution in [2.24, 2.45) is 0 Å². The number of pyridine rings is 1. The topological polar surface area (TPSA) is 75.4 Å². The highest BCUT2D eigenvalue weighted by Crippen LogP contribution is 2.33. The number of benzene rings is 1. The number of hydrogen-bond acceptors (Lipinski definition) is 4. The van der Waals surface area contributed by atoms with Gasteiger partial charge in [-0.1, -0.05) is 18.2 Å². The molecule has 0 radical (unpaired) electrons. The quantitative estimate of drug-likeness (QED) is 0.367. The first-order valence-electron chi connectivity index (χ1n) is 11.2. The van der Waals surface area contributed by atoms with E-state index < -0.39 is 24.2 Å². The molecule has 1 atom stereocenters. The van der Waals surface area contributed by atoms with Gasteiger partial charge in [0, 0.05) is 30.5 Å². The van der Waals surface area contributed by atoms with E-state index in [-0.39, 0.29) is 12.8 Å². The number of nitrogens with zero attached hydrogens (tertiary/aromatic N) is 1. The second-order valence-electron chi connectivity index (χ2n) is 8.55. The van der Waals surface area contributed by atoms with Crippen LogP contribution < -0.4 is 5.32 Å². The summed E-state index contributed by atoms with van der Waals surface area (Å²) in [6, 6.07) is 10.9. The standard InChI is InChI=1S/C25H28F2N2O3/c26-25(27,12-2-1-5-20-9-8-18-4-3-14-28-23(18)29-20)13-10-21(24(30)31)19-7-6-17-11-15-32-22(17)16-19/h6-9,11,15-16,21H,1-5,10,12-14H2,(H,28,29)(H,30,31)/t21-/m1/s1. The molecule has 7 heteroatoms. The Balaban J connectivity index is 1.27. The molecule has 0 aliphatic carbocycles. The van der Waals surface area contributed by atoms with Crippen LogP contribution in [0.25, 0.3) is 11.0 Å². The van der Waals surface area contributed by atoms with E-state index in [0.717, 1.165) is 36.3 Å². The molecular weight excluding hydrogens is 414 g/mol. The van der Waals surface area contributed by atoms with E-state index in [1.54, 1.807) is 24.3 Å². The molecule has 32 heavy (non-hydrogen) atoms. The third-order valence-electron chi connectivity index (χ3n) is 6.16. The van der Waals surface area contributed by atoms with Crippen LogP contribution in [0.3, 0.4) is 0 Å². The van der Waals surface area contributed by atoms with E-state index in [1.165, 1.54) is 11.8 Å². The Labute approximate surface area is 185 Å². The molecule has 0 bridgehead atoms. The molecule has 1 aliphatic rings. The van der Waals surface area contributed by atoms with Crippen LogP contribution in [0.1, 0.15) is 61.3 Å². The summed E-state index contributed by atoms with van der Waals surface area (Å²) in [6.07, 6.45) is 4.47. The molecule has 5 nitrogen and oxygen atoms in total. The van der Waals surface area contributed by atoms with Crippen molar-refractivity contribution in [2.45, 2.75) is 63.2 Å². The lowest BCUT2D eigenvalue weighted by Gasteiger charge is -2.20. The number of aromatic nitrogens is 1. The Morgan fingerprint density at radius 3 is 2.91 bits per heavy atom. The highest BCUT2D eigenvalue weighted by atomic mass is 19.3. The molecule has 0 spiro atoms. The van der Waals surface area contributed by atoms with Gasteiger partial charge in [0.1, 0.15) is 11.4 Å². The highest BCUT2D eigenvalue weighted by Gasteiger charge is 2.31. The van der Waals surface area contributed by atoms with Crippen LogP contribution in [-0.2, 0) is 17.6 Å². The number of aryl methyl sites for hydroxylation is 2. The lowest BCUT2D eigenvalue weighted by Crippen LogP contribution is -2.20. The summed E-state index contributed by atoms with van der Waals surface area (Å²) in [7, 11) is 0. The normalized spacial score (nSPS) is 14.7. The maximum Gasteiger partial charge on any atom is 0.310 e. The summed E-state index contributed by atoms with van der Waals surface area (Å²) < 4.78 is 34.3. The number of fused-ring (bicyclic) bond motifs is 2. The van der Waals surface area contributed by atoms with E-state index in [2.05, 4.69) is 16.4 Å². The molecule has 1 aliphatic heterocycles. The van der Waals surface area contributed by atoms with Crippen LogP contribution in [0.4, 0.5) is 14.6 Å². The fourth-order valence-corrected chi connectivity index (χ4v) is 4.30. The zero-order valence-electron chi connectivity index (χ0n) is 17.9. The zero-order chi connectivity index (χ0) is 22.6. The smallest absolute Gasteiger partial charge is 0.310 e. The maximum atomic E-state index is 14.5. The van der Waals surface area contributed by atoms with Gasteiger partial charge >= 0.3 is 5.97 Å². The van der Waals surface area contributed by atoms with Gasteiger partial charge in [0.25, 0.3) is 0 Å². The predicted molar refractivity (Wildman–Crippen MR) is 119 cm³/mol. The first-order chi connectivity index (χ1) is 15.4. The van der Waals surface area contributed by atoms with Crippen LogP contribution >= 0.6 is 0 Å². The van der Waals surface area contributed by atoms with Crippen molar-refractivity contribution in [3.8, 4) is 0 Å². The van der Waals surface area contributed by atoms with Gasteiger partial charge in [-0.15, -0.1) is 0 Å². The molecule has 0 amide bonds. The molecule has 4 rings (SSSR count). The van der Waals surface area contributed by atoms with Crippen molar-refractivity contribution in [2.75, 3.05) is 11.9 Å². The highest BCUT2D eigenvalue weighted by molar-refractivity contribution is 5.81. The predicted octanol–water partition coefficient (Wildman–Crippen LogP) is 6.18. The Morgan fingerprint density at radius 1 is 1.19 bits per heavy atom. The minimum atomic E-state index is -2.90. The van der Waals surface area contributed by atoms with Crippen LogP contribution in [0.5, 0.6) is 0 Å². The largest absolute Gasteiger partial charge is 0.481 e. The van der Waals surface area contributed by atoms with E-state index in [4.69, 9.17) is 4.42 Å². The Kier molecular flexibility index (Phi) is 6.72. The van der Waals surface area contributed by atoms with E-state index in [1.807, 2.05) is 6.07 Å². The molecule has 0 fully saturated rings. The molecule has 3 heterocycles. The second kappa shape index (κ2) is 9.67. The van der Waals surface area contributed by atoms with Crippen LogP contribution in [-0.4, -0.2) is 28.5 Å². The number of carboxylic acids is 1. The Hall–Kier alpha value is -2.96. The molecule has 3 aromatic rings. The third kappa shape index (κ3) is 5.44. The summed E-state index contributed by atoms with van der Waals surface area (Å²) >= 11 is 0. The molecule has 2 N–H and O–H groups in total. The summed E-state index contributed by atoms with van der Waals surface area (Å²) in [6.45, 7) is 0.919. The number of rotatable bonds is 10. The minimum absolute atomic E-state index is 0.118. The van der Waals surface area contributed by atoms with E-state index in [0.29, 0.717) is 30.4 Å². The van der Waals surface area contributed by atoms with Crippen molar-refractivity contribution < 1.29 is 23.1 Å². The number of halogens is 2. The van der Waals surface area contributed by atoms with E-state index in [9.17, 15) is 18.7 Å². The number of carboxylic acid groups (broad SMARTS) is 1. The van der Waals surface area contributed by atoms with Gasteiger partial charge in [0.2, 0.25) is 5.92 Å². The summed E-state index contributed by atoms with van der Waals surface area (Å²) in [5, 5.41) is 13.7. The monoisotopic (exact) mass is 442 g/mol. The molecular formula is C25H28F2N2O3. The Bertz CT molecular complexity index is 1080. The van der Waals surface area contributed by atoms with Gasteiger partial charge < -0.3 is 14.8 Å². The number of unbranched alkanes of at least 4 members (excludes halogenated alkanes) is 1. The van der Waals surface area contributed by atoms with Crippen LogP contribution in [0.15, 0.2) is 47.1 Å². The van der Waals surface area contributed by atoms with Crippen molar-refractivity contribution >= 4 is 22.8 Å². The van der Waals surface area contributed by atoms with Gasteiger partial charge in [-0.2, -0.15) is 0 Å². The van der Waals surface area contributed by atoms with E-state index >= 15 is 0 Å². The lowest BCUT2D eigenvalue weighted by atomic mass is 9.91. The van der Waals surface area contributed by atoms with Crippen LogP contribution in [0.2, 0.25) is 0 Å². The van der Waals surface area contributed by atoms with Gasteiger partial charge in [-0.3, -0.25) is 4.79 Å². The molecule has 0 unspecified atom stereocenters. The second-order valence-corrected chi connectivity index (χ2v) is 8.55. The molecule has 170 valence electrons. The average molecular weight is 443 g/mol. The summed E-state index contributed by atoms with van der Waals surface area (Å²) in [4.78, 5) is 16.3. The van der Waals surface area contributed by atoms with Crippen LogP contribution in [0, 0.1) is 0 Å². The van der Waals surface area contributed by atoms with Crippen molar-refractivity contribution in [1.29, 1.82) is 0 Å². The van der Waals surface area contributed by atoms with Gasteiger partial charge in [0.15, 0.2) is 0 Å². The SMILES string of the molecule is O=C(O)[C@H](CCC(F)(F)CCCCc1ccc2c(n1)NCCC2)c1ccc2ccoc2c1. The average Bonchev–Trinajstić information content (AvgIpc) is 3.24. The first kappa shape index (κ1) is 22.2. The first-order valence-corrected chi connectivity index (χ1v) is 11.2. The number of hydrogen-bond donors (Lipinski definition) is 2. The summed E-state index contributed by atoms with van der Waals surface area (Å²) in [5.74, 6) is -4.05. The number of alkyl halides is 2. The third-order valence-corrected chi connectivity index (χ3v) is 6.16. The maximum absolute atomic E-state index is 14.5. The number of carbonyl (C=O) groups is 1. The minimum Gasteiger partial charge on any atom is -0.481 e. The van der Waals surface area contributed by atoms with Crippen molar-refractivity contribution in [1.82, 2.24) is 4.98 Å². The number of aliphatic carboxylic acids is 1. The fourth-order valence-electron chi connectivity index (χ4n) is 4.30. The van der Waals surface area contributed by atoms with Crippen molar-refractivity contribution in [3.63, 3.8) is 0 Å². The van der Waals surface area contributed by atoms with Gasteiger partial charge in [-0.05, 0) is 67.9 Å². The Morgan fingerprint density at radius 2 is 2.06 bits per heavy atom. The number of furan rings is 1. The summed E-state index contributed by atoms with van der Waals surface area (Å²) in [5.41, 5.74) is 3.18. The van der Waals surface area contributed by atoms with Gasteiger partial charge in [0.05, 0.1) is 12.2 Å². The molecule has 1 aromatic carbocycles. The molecule has 0 saturated heterocycles. The fraction of sp³-hybridized carbons (Fsp3) is 0.440. The number of anilines is 1. The molecule has 2 aromatic heterocycles. The van der Waals surface area contributed by atoms with Crippen molar-refractivity contribution in [3.05, 3.63) is 59.5 Å². The lowest BCUT2D eigenvalue weighted by molar-refractivity contribution is -0.139. The zero-order valence-corrected chi connectivity index (χ0v) is 17.9. The number of nitrogens with one attached hydrogen (secondary N) is 1. The van der Waals surface area contributed by atoms with Gasteiger partial charge in [-0.25, -0.2) is 13.8 Å².